The maximum Gasteiger partial charge on any atom is 0.164 e. The van der Waals surface area contributed by atoms with E-state index in [9.17, 15) is 8.42 Å². The molecule has 1 heterocycles. The largest absolute Gasteiger partial charge is 0.305 e. The molecule has 0 saturated heterocycles. The molecule has 0 atom stereocenters. The predicted molar refractivity (Wildman–Crippen MR) is 75.5 cm³/mol. The van der Waals surface area contributed by atoms with Crippen molar-refractivity contribution < 1.29 is 8.42 Å². The van der Waals surface area contributed by atoms with Crippen LogP contribution in [0.1, 0.15) is 40.4 Å². The normalized spacial score (nSPS) is 13.2. The van der Waals surface area contributed by atoms with Gasteiger partial charge in [0.2, 0.25) is 0 Å². The molecule has 6 nitrogen and oxygen atoms in total. The Hall–Kier alpha value is -0.950. The molecular weight excluding hydrogens is 264 g/mol. The average molecular weight is 288 g/mol. The fourth-order valence-corrected chi connectivity index (χ4v) is 2.24. The average Bonchev–Trinajstić information content (AvgIpc) is 2.70. The van der Waals surface area contributed by atoms with Crippen molar-refractivity contribution in [1.82, 2.24) is 20.1 Å². The van der Waals surface area contributed by atoms with E-state index < -0.39 is 9.84 Å². The van der Waals surface area contributed by atoms with Gasteiger partial charge in [-0.3, -0.25) is 4.68 Å². The highest BCUT2D eigenvalue weighted by atomic mass is 32.2. The molecule has 1 aromatic heterocycles. The van der Waals surface area contributed by atoms with Crippen LogP contribution in [0.5, 0.6) is 0 Å². The molecule has 0 fully saturated rings. The summed E-state index contributed by atoms with van der Waals surface area (Å²) in [4.78, 5) is 4.16. The minimum atomic E-state index is -3.03. The summed E-state index contributed by atoms with van der Waals surface area (Å²) < 4.78 is 25.0. The monoisotopic (exact) mass is 288 g/mol. The molecule has 0 spiro atoms. The summed E-state index contributed by atoms with van der Waals surface area (Å²) in [6.07, 6.45) is 1.58. The van der Waals surface area contributed by atoms with Crippen LogP contribution in [0.3, 0.4) is 0 Å². The minimum Gasteiger partial charge on any atom is -0.305 e. The van der Waals surface area contributed by atoms with Crippen molar-refractivity contribution in [2.24, 2.45) is 0 Å². The van der Waals surface area contributed by atoms with E-state index in [0.29, 0.717) is 18.9 Å². The van der Waals surface area contributed by atoms with Crippen molar-refractivity contribution in [2.45, 2.75) is 58.5 Å². The highest BCUT2D eigenvalue weighted by Gasteiger charge is 2.16. The maximum absolute atomic E-state index is 11.7. The summed E-state index contributed by atoms with van der Waals surface area (Å²) in [5.41, 5.74) is 0.00639. The van der Waals surface area contributed by atoms with Gasteiger partial charge in [0, 0.05) is 5.54 Å². The molecule has 7 heteroatoms. The first kappa shape index (κ1) is 16.1. The van der Waals surface area contributed by atoms with Gasteiger partial charge in [-0.15, -0.1) is 0 Å². The number of hydrogen-bond acceptors (Lipinski definition) is 5. The molecule has 0 radical (unpaired) electrons. The van der Waals surface area contributed by atoms with Crippen LogP contribution in [0.2, 0.25) is 0 Å². The van der Waals surface area contributed by atoms with Gasteiger partial charge in [-0.25, -0.2) is 13.4 Å². The molecule has 0 bridgehead atoms. The number of aryl methyl sites for hydroxylation is 1. The molecule has 0 aliphatic rings. The fraction of sp³-hybridized carbons (Fsp3) is 0.833. The Labute approximate surface area is 115 Å². The topological polar surface area (TPSA) is 76.9 Å². The minimum absolute atomic E-state index is 0.00639. The summed E-state index contributed by atoms with van der Waals surface area (Å²) in [5.74, 6) is 0.775. The van der Waals surface area contributed by atoms with Crippen LogP contribution in [-0.4, -0.2) is 39.7 Å². The van der Waals surface area contributed by atoms with Gasteiger partial charge in [-0.1, -0.05) is 0 Å². The van der Waals surface area contributed by atoms with Crippen LogP contribution in [0.15, 0.2) is 6.33 Å². The number of aromatic nitrogens is 3. The first-order valence-electron chi connectivity index (χ1n) is 6.45. The molecule has 0 aromatic carbocycles. The van der Waals surface area contributed by atoms with Crippen LogP contribution in [-0.2, 0) is 22.9 Å². The standard InChI is InChI=1S/C12H24N4O2S/c1-10(2)19(17,18)7-6-16-9-13-11(15-16)8-14-12(3,4)5/h9-10,14H,6-8H2,1-5H3. The predicted octanol–water partition coefficient (Wildman–Crippen LogP) is 0.989. The summed E-state index contributed by atoms with van der Waals surface area (Å²) in [6.45, 7) is 10.5. The van der Waals surface area contributed by atoms with Crippen LogP contribution in [0.25, 0.3) is 0 Å². The van der Waals surface area contributed by atoms with E-state index in [0.717, 1.165) is 0 Å². The molecule has 110 valence electrons. The van der Waals surface area contributed by atoms with E-state index in [1.165, 1.54) is 0 Å². The highest BCUT2D eigenvalue weighted by Crippen LogP contribution is 2.03. The number of nitrogens with one attached hydrogen (secondary N) is 1. The van der Waals surface area contributed by atoms with Crippen LogP contribution < -0.4 is 5.32 Å². The van der Waals surface area contributed by atoms with E-state index in [1.807, 2.05) is 0 Å². The Bertz CT molecular complexity index is 500. The Morgan fingerprint density at radius 2 is 2.00 bits per heavy atom. The van der Waals surface area contributed by atoms with E-state index in [1.54, 1.807) is 24.9 Å². The SMILES string of the molecule is CC(C)S(=O)(=O)CCn1cnc(CNC(C)(C)C)n1. The van der Waals surface area contributed by atoms with E-state index in [4.69, 9.17) is 0 Å². The Balaban J connectivity index is 2.52. The lowest BCUT2D eigenvalue weighted by Crippen LogP contribution is -2.35. The first-order valence-corrected chi connectivity index (χ1v) is 8.16. The van der Waals surface area contributed by atoms with Crippen molar-refractivity contribution in [3.8, 4) is 0 Å². The van der Waals surface area contributed by atoms with Crippen molar-refractivity contribution in [1.29, 1.82) is 0 Å². The summed E-state index contributed by atoms with van der Waals surface area (Å²) >= 11 is 0. The highest BCUT2D eigenvalue weighted by molar-refractivity contribution is 7.91. The van der Waals surface area contributed by atoms with Crippen molar-refractivity contribution in [2.75, 3.05) is 5.75 Å². The van der Waals surface area contributed by atoms with Crippen LogP contribution in [0, 0.1) is 0 Å². The lowest BCUT2D eigenvalue weighted by Gasteiger charge is -2.19. The van der Waals surface area contributed by atoms with E-state index in [2.05, 4.69) is 36.2 Å². The Morgan fingerprint density at radius 1 is 1.37 bits per heavy atom. The molecule has 1 aromatic rings. The molecule has 1 N–H and O–H groups in total. The lowest BCUT2D eigenvalue weighted by molar-refractivity contribution is 0.416. The van der Waals surface area contributed by atoms with Crippen molar-refractivity contribution in [3.63, 3.8) is 0 Å². The van der Waals surface area contributed by atoms with Gasteiger partial charge in [0.25, 0.3) is 0 Å². The molecule has 0 unspecified atom stereocenters. The zero-order chi connectivity index (χ0) is 14.7. The van der Waals surface area contributed by atoms with Gasteiger partial charge in [0.05, 0.1) is 24.1 Å². The summed E-state index contributed by atoms with van der Waals surface area (Å²) in [5, 5.41) is 7.19. The second-order valence-electron chi connectivity index (χ2n) is 5.94. The van der Waals surface area contributed by atoms with Gasteiger partial charge >= 0.3 is 0 Å². The van der Waals surface area contributed by atoms with Crippen LogP contribution >= 0.6 is 0 Å². The maximum atomic E-state index is 11.7. The molecule has 0 amide bonds. The molecule has 0 aliphatic carbocycles. The van der Waals surface area contributed by atoms with E-state index in [-0.39, 0.29) is 16.5 Å². The third-order valence-electron chi connectivity index (χ3n) is 2.68. The van der Waals surface area contributed by atoms with Gasteiger partial charge in [0.15, 0.2) is 15.7 Å². The Kier molecular flexibility index (Phi) is 5.09. The molecule has 19 heavy (non-hydrogen) atoms. The number of rotatable bonds is 6. The Morgan fingerprint density at radius 3 is 2.53 bits per heavy atom. The van der Waals surface area contributed by atoms with Gasteiger partial charge in [-0.2, -0.15) is 5.10 Å². The quantitative estimate of drug-likeness (QED) is 0.844. The van der Waals surface area contributed by atoms with E-state index >= 15 is 0 Å². The number of sulfone groups is 1. The molecule has 0 aliphatic heterocycles. The molecule has 1 rings (SSSR count). The van der Waals surface area contributed by atoms with Crippen molar-refractivity contribution >= 4 is 9.84 Å². The zero-order valence-corrected chi connectivity index (χ0v) is 13.2. The second-order valence-corrected chi connectivity index (χ2v) is 8.62. The summed E-state index contributed by atoms with van der Waals surface area (Å²) in [6, 6.07) is 0. The van der Waals surface area contributed by atoms with Gasteiger partial charge in [0.1, 0.15) is 6.33 Å². The number of hydrogen-bond donors (Lipinski definition) is 1. The molecular formula is C12H24N4O2S. The first-order chi connectivity index (χ1) is 8.60. The third kappa shape index (κ3) is 5.69. The summed E-state index contributed by atoms with van der Waals surface area (Å²) in [7, 11) is -3.03. The fourth-order valence-electron chi connectivity index (χ4n) is 1.32. The smallest absolute Gasteiger partial charge is 0.164 e. The second kappa shape index (κ2) is 6.00. The third-order valence-corrected chi connectivity index (χ3v) is 4.87. The van der Waals surface area contributed by atoms with Gasteiger partial charge < -0.3 is 5.32 Å². The number of nitrogens with zero attached hydrogens (tertiary/aromatic N) is 3. The lowest BCUT2D eigenvalue weighted by atomic mass is 10.1. The molecule has 0 saturated carbocycles. The zero-order valence-electron chi connectivity index (χ0n) is 12.3. The van der Waals surface area contributed by atoms with Crippen LogP contribution in [0.4, 0.5) is 0 Å². The van der Waals surface area contributed by atoms with Gasteiger partial charge in [-0.05, 0) is 34.6 Å². The van der Waals surface area contributed by atoms with Crippen molar-refractivity contribution in [3.05, 3.63) is 12.2 Å².